The maximum Gasteiger partial charge on any atom is 0.0688 e. The summed E-state index contributed by atoms with van der Waals surface area (Å²) in [6.45, 7) is 13.1. The van der Waals surface area contributed by atoms with Crippen molar-refractivity contribution in [1.82, 2.24) is 0 Å². The normalized spacial score (nSPS) is 15.0. The Labute approximate surface area is 151 Å². The predicted octanol–water partition coefficient (Wildman–Crippen LogP) is 6.88. The average molecular weight is 329 g/mol. The summed E-state index contributed by atoms with van der Waals surface area (Å²) < 4.78 is 0. The summed E-state index contributed by atoms with van der Waals surface area (Å²) >= 11 is 0. The molecular weight excluding hydrogens is 302 g/mol. The van der Waals surface area contributed by atoms with Crippen molar-refractivity contribution < 1.29 is 0 Å². The SMILES string of the molecule is CC1=C(C)C(C)=C(c2ccccc2/C=N/c2c(C)cc(C)cc2C)C1. The minimum Gasteiger partial charge on any atom is -0.256 e. The van der Waals surface area contributed by atoms with Crippen LogP contribution in [0.1, 0.15) is 55.0 Å². The molecule has 1 aliphatic rings. The number of hydrogen-bond acceptors (Lipinski definition) is 1. The molecule has 0 spiro atoms. The quantitative estimate of drug-likeness (QED) is 0.544. The lowest BCUT2D eigenvalue weighted by Crippen LogP contribution is -1.93. The highest BCUT2D eigenvalue weighted by Gasteiger charge is 2.18. The number of aliphatic imine (C=N–C) groups is 1. The Morgan fingerprint density at radius 3 is 2.08 bits per heavy atom. The van der Waals surface area contributed by atoms with Crippen LogP contribution in [-0.4, -0.2) is 6.21 Å². The molecule has 0 amide bonds. The summed E-state index contributed by atoms with van der Waals surface area (Å²) in [5.74, 6) is 0. The smallest absolute Gasteiger partial charge is 0.0688 e. The fraction of sp³-hybridized carbons (Fsp3) is 0.292. The average Bonchev–Trinajstić information content (AvgIpc) is 2.82. The minimum atomic E-state index is 1.05. The van der Waals surface area contributed by atoms with E-state index in [2.05, 4.69) is 77.9 Å². The van der Waals surface area contributed by atoms with E-state index in [1.165, 1.54) is 50.1 Å². The Morgan fingerprint density at radius 1 is 0.840 bits per heavy atom. The molecular formula is C24H27N. The molecule has 0 N–H and O–H groups in total. The van der Waals surface area contributed by atoms with Crippen LogP contribution in [0, 0.1) is 20.8 Å². The highest BCUT2D eigenvalue weighted by atomic mass is 14.7. The van der Waals surface area contributed by atoms with Crippen LogP contribution in [0.5, 0.6) is 0 Å². The van der Waals surface area contributed by atoms with E-state index in [1.54, 1.807) is 0 Å². The third kappa shape index (κ3) is 3.37. The largest absolute Gasteiger partial charge is 0.256 e. The van der Waals surface area contributed by atoms with Crippen molar-refractivity contribution in [2.75, 3.05) is 0 Å². The van der Waals surface area contributed by atoms with Gasteiger partial charge in [-0.3, -0.25) is 4.99 Å². The highest BCUT2D eigenvalue weighted by molar-refractivity contribution is 5.92. The molecule has 0 saturated heterocycles. The summed E-state index contributed by atoms with van der Waals surface area (Å²) in [6.07, 6.45) is 3.08. The Hall–Kier alpha value is -2.41. The van der Waals surface area contributed by atoms with E-state index in [9.17, 15) is 0 Å². The number of allylic oxidation sites excluding steroid dienone is 4. The van der Waals surface area contributed by atoms with Crippen molar-refractivity contribution in [1.29, 1.82) is 0 Å². The van der Waals surface area contributed by atoms with Crippen LogP contribution in [0.3, 0.4) is 0 Å². The molecule has 128 valence electrons. The van der Waals surface area contributed by atoms with Gasteiger partial charge in [-0.1, -0.05) is 47.5 Å². The highest BCUT2D eigenvalue weighted by Crippen LogP contribution is 2.38. The standard InChI is InChI=1S/C24H27N/c1-15-11-17(3)24(18(4)12-15)25-14-21-9-7-8-10-22(21)23-13-16(2)19(5)20(23)6/h7-12,14H,13H2,1-6H3/b25-14+. The van der Waals surface area contributed by atoms with Gasteiger partial charge in [-0.05, 0) is 81.4 Å². The summed E-state index contributed by atoms with van der Waals surface area (Å²) in [6, 6.07) is 13.0. The fourth-order valence-corrected chi connectivity index (χ4v) is 3.77. The first-order valence-corrected chi connectivity index (χ1v) is 8.96. The second-order valence-corrected chi connectivity index (χ2v) is 7.28. The lowest BCUT2D eigenvalue weighted by molar-refractivity contribution is 1.22. The van der Waals surface area contributed by atoms with E-state index in [0.717, 1.165) is 12.1 Å². The zero-order chi connectivity index (χ0) is 18.1. The Balaban J connectivity index is 2.02. The molecule has 0 atom stereocenters. The van der Waals surface area contributed by atoms with Gasteiger partial charge in [-0.15, -0.1) is 0 Å². The van der Waals surface area contributed by atoms with Crippen LogP contribution in [-0.2, 0) is 0 Å². The molecule has 3 rings (SSSR count). The maximum absolute atomic E-state index is 4.85. The van der Waals surface area contributed by atoms with Crippen molar-refractivity contribution in [3.63, 3.8) is 0 Å². The predicted molar refractivity (Wildman–Crippen MR) is 110 cm³/mol. The molecule has 1 aliphatic carbocycles. The van der Waals surface area contributed by atoms with E-state index >= 15 is 0 Å². The van der Waals surface area contributed by atoms with Gasteiger partial charge in [-0.2, -0.15) is 0 Å². The van der Waals surface area contributed by atoms with E-state index in [-0.39, 0.29) is 0 Å². The topological polar surface area (TPSA) is 12.4 Å². The van der Waals surface area contributed by atoms with E-state index in [1.807, 2.05) is 6.21 Å². The first-order chi connectivity index (χ1) is 11.9. The van der Waals surface area contributed by atoms with Gasteiger partial charge in [0.15, 0.2) is 0 Å². The van der Waals surface area contributed by atoms with Gasteiger partial charge < -0.3 is 0 Å². The van der Waals surface area contributed by atoms with Gasteiger partial charge in [0.25, 0.3) is 0 Å². The second kappa shape index (κ2) is 6.84. The van der Waals surface area contributed by atoms with Crippen molar-refractivity contribution >= 4 is 17.5 Å². The molecule has 0 saturated carbocycles. The van der Waals surface area contributed by atoms with Gasteiger partial charge in [-0.25, -0.2) is 0 Å². The molecule has 2 aromatic carbocycles. The molecule has 0 aliphatic heterocycles. The number of benzene rings is 2. The molecule has 0 bridgehead atoms. The first-order valence-electron chi connectivity index (χ1n) is 8.96. The Morgan fingerprint density at radius 2 is 1.48 bits per heavy atom. The Kier molecular flexibility index (Phi) is 4.76. The van der Waals surface area contributed by atoms with Gasteiger partial charge in [0.05, 0.1) is 5.69 Å². The van der Waals surface area contributed by atoms with Crippen molar-refractivity contribution in [2.45, 2.75) is 48.0 Å². The van der Waals surface area contributed by atoms with E-state index in [4.69, 9.17) is 4.99 Å². The molecule has 1 nitrogen and oxygen atoms in total. The zero-order valence-electron chi connectivity index (χ0n) is 16.2. The molecule has 1 heteroatoms. The number of nitrogens with zero attached hydrogens (tertiary/aromatic N) is 1. The van der Waals surface area contributed by atoms with Gasteiger partial charge >= 0.3 is 0 Å². The minimum absolute atomic E-state index is 1.05. The van der Waals surface area contributed by atoms with Gasteiger partial charge in [0.1, 0.15) is 0 Å². The van der Waals surface area contributed by atoms with Crippen LogP contribution in [0.4, 0.5) is 5.69 Å². The fourth-order valence-electron chi connectivity index (χ4n) is 3.77. The maximum atomic E-state index is 4.85. The third-order valence-corrected chi connectivity index (χ3v) is 5.35. The number of rotatable bonds is 3. The molecule has 0 heterocycles. The second-order valence-electron chi connectivity index (χ2n) is 7.28. The number of hydrogen-bond donors (Lipinski definition) is 0. The van der Waals surface area contributed by atoms with Crippen LogP contribution in [0.2, 0.25) is 0 Å². The lowest BCUT2D eigenvalue weighted by atomic mass is 9.96. The molecule has 2 aromatic rings. The molecule has 0 radical (unpaired) electrons. The monoisotopic (exact) mass is 329 g/mol. The Bertz CT molecular complexity index is 900. The van der Waals surface area contributed by atoms with Crippen LogP contribution >= 0.6 is 0 Å². The van der Waals surface area contributed by atoms with E-state index in [0.29, 0.717) is 0 Å². The molecule has 0 fully saturated rings. The summed E-state index contributed by atoms with van der Waals surface area (Å²) in [7, 11) is 0. The summed E-state index contributed by atoms with van der Waals surface area (Å²) in [5.41, 5.74) is 13.1. The van der Waals surface area contributed by atoms with Crippen molar-refractivity contribution in [3.05, 3.63) is 80.9 Å². The van der Waals surface area contributed by atoms with Crippen LogP contribution in [0.25, 0.3) is 5.57 Å². The van der Waals surface area contributed by atoms with Crippen molar-refractivity contribution in [2.24, 2.45) is 4.99 Å². The van der Waals surface area contributed by atoms with Gasteiger partial charge in [0.2, 0.25) is 0 Å². The van der Waals surface area contributed by atoms with Crippen LogP contribution in [0.15, 0.2) is 58.1 Å². The summed E-state index contributed by atoms with van der Waals surface area (Å²) in [5, 5.41) is 0. The zero-order valence-corrected chi connectivity index (χ0v) is 16.2. The summed E-state index contributed by atoms with van der Waals surface area (Å²) in [4.78, 5) is 4.85. The molecule has 0 unspecified atom stereocenters. The number of aryl methyl sites for hydroxylation is 3. The molecule has 25 heavy (non-hydrogen) atoms. The van der Waals surface area contributed by atoms with E-state index < -0.39 is 0 Å². The first kappa shape index (κ1) is 17.4. The van der Waals surface area contributed by atoms with Crippen molar-refractivity contribution in [3.8, 4) is 0 Å². The third-order valence-electron chi connectivity index (χ3n) is 5.35. The molecule has 0 aromatic heterocycles. The van der Waals surface area contributed by atoms with Crippen LogP contribution < -0.4 is 0 Å². The lowest BCUT2D eigenvalue weighted by Gasteiger charge is -2.10. The van der Waals surface area contributed by atoms with Gasteiger partial charge in [0, 0.05) is 11.8 Å².